The highest BCUT2D eigenvalue weighted by Gasteiger charge is 2.41. The van der Waals surface area contributed by atoms with Crippen molar-refractivity contribution in [1.29, 1.82) is 0 Å². The summed E-state index contributed by atoms with van der Waals surface area (Å²) >= 11 is 13.0. The molecule has 0 bridgehead atoms. The molecule has 1 aromatic heterocycles. The van der Waals surface area contributed by atoms with Gasteiger partial charge in [-0.05, 0) is 105 Å². The van der Waals surface area contributed by atoms with E-state index in [9.17, 15) is 0 Å². The van der Waals surface area contributed by atoms with E-state index in [0.29, 0.717) is 16.9 Å². The summed E-state index contributed by atoms with van der Waals surface area (Å²) in [6, 6.07) is 19.1. The first-order valence-electron chi connectivity index (χ1n) is 14.7. The van der Waals surface area contributed by atoms with Crippen LogP contribution in [0.4, 0.5) is 17.1 Å². The molecule has 3 aromatic rings. The van der Waals surface area contributed by atoms with Gasteiger partial charge in [0.1, 0.15) is 0 Å². The first-order chi connectivity index (χ1) is 19.5. The van der Waals surface area contributed by atoms with Gasteiger partial charge in [0.15, 0.2) is 5.11 Å². The maximum atomic E-state index is 7.03. The van der Waals surface area contributed by atoms with Gasteiger partial charge in [-0.1, -0.05) is 43.7 Å². The van der Waals surface area contributed by atoms with Crippen LogP contribution in [0.5, 0.6) is 0 Å². The van der Waals surface area contributed by atoms with E-state index in [2.05, 4.69) is 110 Å². The van der Waals surface area contributed by atoms with Crippen molar-refractivity contribution in [3.63, 3.8) is 0 Å². The van der Waals surface area contributed by atoms with E-state index in [-0.39, 0.29) is 17.6 Å². The van der Waals surface area contributed by atoms with Crippen LogP contribution < -0.4 is 20.0 Å². The van der Waals surface area contributed by atoms with Crippen LogP contribution in [0.25, 0.3) is 5.57 Å². The zero-order valence-corrected chi connectivity index (χ0v) is 26.4. The van der Waals surface area contributed by atoms with E-state index < -0.39 is 0 Å². The Balaban J connectivity index is 1.42. The quantitative estimate of drug-likeness (QED) is 0.312. The van der Waals surface area contributed by atoms with Crippen molar-refractivity contribution in [2.45, 2.75) is 58.7 Å². The lowest BCUT2D eigenvalue weighted by Gasteiger charge is -2.41. The molecule has 6 rings (SSSR count). The molecule has 0 aliphatic carbocycles. The highest BCUT2D eigenvalue weighted by molar-refractivity contribution is 7.80. The third kappa shape index (κ3) is 5.10. The fourth-order valence-corrected chi connectivity index (χ4v) is 7.73. The van der Waals surface area contributed by atoms with Crippen molar-refractivity contribution in [3.8, 4) is 0 Å². The summed E-state index contributed by atoms with van der Waals surface area (Å²) in [5, 5.41) is 5.05. The summed E-state index contributed by atoms with van der Waals surface area (Å²) in [6.07, 6.45) is 5.47. The second kappa shape index (κ2) is 10.6. The second-order valence-electron chi connectivity index (χ2n) is 12.8. The van der Waals surface area contributed by atoms with Crippen molar-refractivity contribution < 1.29 is 0 Å². The largest absolute Gasteiger partial charge is 0.370 e. The zero-order valence-electron chi connectivity index (χ0n) is 24.9. The molecule has 214 valence electrons. The van der Waals surface area contributed by atoms with Gasteiger partial charge in [0.2, 0.25) is 0 Å². The number of halogens is 1. The number of benzene rings is 2. The van der Waals surface area contributed by atoms with Crippen molar-refractivity contribution in [2.24, 2.45) is 11.8 Å². The normalized spacial score (nSPS) is 25.6. The Kier molecular flexibility index (Phi) is 7.27. The molecule has 4 atom stereocenters. The number of hydrogen-bond donors (Lipinski definition) is 1. The van der Waals surface area contributed by atoms with Crippen LogP contribution in [0, 0.1) is 11.8 Å². The number of anilines is 3. The molecular weight excluding hydrogens is 546 g/mol. The lowest BCUT2D eigenvalue weighted by Crippen LogP contribution is -2.42. The minimum absolute atomic E-state index is 0.0416. The molecule has 0 saturated carbocycles. The monoisotopic (exact) mass is 585 g/mol. The molecule has 2 saturated heterocycles. The van der Waals surface area contributed by atoms with E-state index in [4.69, 9.17) is 28.8 Å². The van der Waals surface area contributed by atoms with Crippen LogP contribution in [-0.2, 0) is 0 Å². The molecule has 1 N–H and O–H groups in total. The SMILES string of the molecule is CC1=CC(C)(C)N(C)c2ccc([C@@H]3[C@H](c4ccccn4)NC(=S)N3c3ccc(N4C[C@H](C)C[C@@H](C)C4)c(Cl)c3)cc21. The third-order valence-electron chi connectivity index (χ3n) is 9.10. The van der Waals surface area contributed by atoms with Crippen LogP contribution in [0.15, 0.2) is 66.9 Å². The number of nitrogens with one attached hydrogen (secondary N) is 1. The second-order valence-corrected chi connectivity index (χ2v) is 13.6. The van der Waals surface area contributed by atoms with Gasteiger partial charge in [0, 0.05) is 43.3 Å². The first-order valence-corrected chi connectivity index (χ1v) is 15.4. The Hall–Kier alpha value is -3.09. The Bertz CT molecular complexity index is 1490. The van der Waals surface area contributed by atoms with Crippen molar-refractivity contribution in [2.75, 3.05) is 34.8 Å². The highest BCUT2D eigenvalue weighted by Crippen LogP contribution is 2.46. The summed E-state index contributed by atoms with van der Waals surface area (Å²) in [4.78, 5) is 11.8. The molecule has 0 radical (unpaired) electrons. The first kappa shape index (κ1) is 28.0. The molecular formula is C34H40ClN5S. The maximum absolute atomic E-state index is 7.03. The van der Waals surface area contributed by atoms with Gasteiger partial charge < -0.3 is 20.0 Å². The highest BCUT2D eigenvalue weighted by atomic mass is 35.5. The fourth-order valence-electron chi connectivity index (χ4n) is 7.09. The molecule has 2 aromatic carbocycles. The minimum Gasteiger partial charge on any atom is -0.370 e. The lowest BCUT2D eigenvalue weighted by molar-refractivity contribution is 0.357. The Labute approximate surface area is 255 Å². The van der Waals surface area contributed by atoms with Gasteiger partial charge in [-0.3, -0.25) is 4.98 Å². The summed E-state index contributed by atoms with van der Waals surface area (Å²) in [5.74, 6) is 1.30. The summed E-state index contributed by atoms with van der Waals surface area (Å²) in [7, 11) is 2.17. The van der Waals surface area contributed by atoms with Crippen LogP contribution >= 0.6 is 23.8 Å². The van der Waals surface area contributed by atoms with Crippen molar-refractivity contribution in [1.82, 2.24) is 10.3 Å². The number of fused-ring (bicyclic) bond motifs is 1. The topological polar surface area (TPSA) is 34.6 Å². The van der Waals surface area contributed by atoms with Gasteiger partial charge in [-0.25, -0.2) is 0 Å². The van der Waals surface area contributed by atoms with Crippen LogP contribution in [0.2, 0.25) is 5.02 Å². The number of thiocarbonyl (C=S) groups is 1. The van der Waals surface area contributed by atoms with Crippen molar-refractivity contribution in [3.05, 3.63) is 88.7 Å². The van der Waals surface area contributed by atoms with E-state index in [1.807, 2.05) is 18.3 Å². The van der Waals surface area contributed by atoms with Crippen molar-refractivity contribution >= 4 is 51.6 Å². The summed E-state index contributed by atoms with van der Waals surface area (Å²) < 4.78 is 0. The predicted molar refractivity (Wildman–Crippen MR) is 177 cm³/mol. The van der Waals surface area contributed by atoms with Crippen LogP contribution in [-0.4, -0.2) is 35.8 Å². The average molecular weight is 586 g/mol. The predicted octanol–water partition coefficient (Wildman–Crippen LogP) is 8.03. The third-order valence-corrected chi connectivity index (χ3v) is 9.72. The number of rotatable bonds is 4. The Morgan fingerprint density at radius 3 is 2.41 bits per heavy atom. The molecule has 7 heteroatoms. The number of nitrogens with zero attached hydrogens (tertiary/aromatic N) is 4. The fraction of sp³-hybridized carbons (Fsp3) is 0.412. The number of aromatic nitrogens is 1. The van der Waals surface area contributed by atoms with Crippen LogP contribution in [0.1, 0.15) is 69.9 Å². The Morgan fingerprint density at radius 2 is 1.73 bits per heavy atom. The molecule has 3 aliphatic heterocycles. The molecule has 0 unspecified atom stereocenters. The number of piperidine rings is 1. The maximum Gasteiger partial charge on any atom is 0.174 e. The minimum atomic E-state index is -0.106. The zero-order chi connectivity index (χ0) is 29.1. The van der Waals surface area contributed by atoms with Gasteiger partial charge in [-0.15, -0.1) is 0 Å². The lowest BCUT2D eigenvalue weighted by atomic mass is 9.86. The average Bonchev–Trinajstić information content (AvgIpc) is 3.28. The Morgan fingerprint density at radius 1 is 1.00 bits per heavy atom. The van der Waals surface area contributed by atoms with Gasteiger partial charge in [-0.2, -0.15) is 0 Å². The van der Waals surface area contributed by atoms with Crippen LogP contribution in [0.3, 0.4) is 0 Å². The molecule has 0 amide bonds. The summed E-state index contributed by atoms with van der Waals surface area (Å²) in [5.41, 5.74) is 7.98. The molecule has 4 heterocycles. The van der Waals surface area contributed by atoms with Gasteiger partial charge in [0.05, 0.1) is 34.0 Å². The number of hydrogen-bond acceptors (Lipinski definition) is 4. The van der Waals surface area contributed by atoms with Gasteiger partial charge >= 0.3 is 0 Å². The molecule has 41 heavy (non-hydrogen) atoms. The number of pyridine rings is 1. The van der Waals surface area contributed by atoms with E-state index in [0.717, 1.165) is 35.2 Å². The van der Waals surface area contributed by atoms with E-state index >= 15 is 0 Å². The van der Waals surface area contributed by atoms with E-state index in [1.165, 1.54) is 28.8 Å². The smallest absolute Gasteiger partial charge is 0.174 e. The molecule has 5 nitrogen and oxygen atoms in total. The molecule has 2 fully saturated rings. The number of allylic oxidation sites excluding steroid dienone is 1. The van der Waals surface area contributed by atoms with E-state index in [1.54, 1.807) is 0 Å². The standard InChI is InChI=1S/C34H40ClN5S/c1-21-15-22(2)20-39(19-21)30-13-11-25(17-27(30)35)40-32(31(37-33(40)41)28-9-7-8-14-36-28)24-10-12-29-26(16-24)23(3)18-34(4,5)38(29)6/h7-14,16-18,21-22,31-32H,15,19-20H2,1-6H3,(H,37,41)/t21-,22-,31+,32-/m1/s1. The summed E-state index contributed by atoms with van der Waals surface area (Å²) in [6.45, 7) is 13.4. The molecule has 0 spiro atoms. The molecule has 3 aliphatic rings. The van der Waals surface area contributed by atoms with Gasteiger partial charge in [0.25, 0.3) is 0 Å². The number of likely N-dealkylation sites (N-methyl/N-ethyl adjacent to an activating group) is 1.